The predicted molar refractivity (Wildman–Crippen MR) is 128 cm³/mol. The molecule has 1 atom stereocenters. The van der Waals surface area contributed by atoms with E-state index < -0.39 is 0 Å². The van der Waals surface area contributed by atoms with E-state index in [0.29, 0.717) is 24.9 Å². The first kappa shape index (κ1) is 20.1. The van der Waals surface area contributed by atoms with Crippen molar-refractivity contribution >= 4 is 44.8 Å². The summed E-state index contributed by atoms with van der Waals surface area (Å²) in [5.74, 6) is -0.290. The lowest BCUT2D eigenvalue weighted by molar-refractivity contribution is -0.142. The molecule has 0 bridgehead atoms. The van der Waals surface area contributed by atoms with Crippen molar-refractivity contribution < 1.29 is 14.3 Å². The zero-order valence-electron chi connectivity index (χ0n) is 17.6. The summed E-state index contributed by atoms with van der Waals surface area (Å²) in [5.41, 5.74) is 9.72. The van der Waals surface area contributed by atoms with E-state index >= 15 is 0 Å². The summed E-state index contributed by atoms with van der Waals surface area (Å²) < 4.78 is 5.24. The molecule has 4 aromatic carbocycles. The third kappa shape index (κ3) is 3.78. The molecule has 1 fully saturated rings. The fraction of sp³-hybridized carbons (Fsp3) is 0.185. The van der Waals surface area contributed by atoms with Gasteiger partial charge in [-0.05, 0) is 46.5 Å². The van der Waals surface area contributed by atoms with Gasteiger partial charge in [0.15, 0.2) is 0 Å². The van der Waals surface area contributed by atoms with E-state index in [1.165, 1.54) is 0 Å². The zero-order valence-corrected chi connectivity index (χ0v) is 17.6. The number of ether oxygens (including phenoxy) is 1. The molecule has 32 heavy (non-hydrogen) atoms. The lowest BCUT2D eigenvalue weighted by Gasteiger charge is -2.18. The molecule has 0 aliphatic carbocycles. The van der Waals surface area contributed by atoms with Gasteiger partial charge < -0.3 is 15.8 Å². The minimum absolute atomic E-state index is 0.108. The van der Waals surface area contributed by atoms with Crippen LogP contribution in [0.25, 0.3) is 32.7 Å². The lowest BCUT2D eigenvalue weighted by Crippen LogP contribution is -2.16. The summed E-state index contributed by atoms with van der Waals surface area (Å²) in [6.45, 7) is 0. The molecule has 0 unspecified atom stereocenters. The van der Waals surface area contributed by atoms with Crippen LogP contribution in [0.2, 0.25) is 0 Å². The van der Waals surface area contributed by atoms with Crippen LogP contribution in [0.4, 0.5) is 11.4 Å². The first-order valence-corrected chi connectivity index (χ1v) is 10.9. The lowest BCUT2D eigenvalue weighted by atomic mass is 9.91. The van der Waals surface area contributed by atoms with E-state index in [-0.39, 0.29) is 24.4 Å². The topological polar surface area (TPSA) is 81.4 Å². The van der Waals surface area contributed by atoms with Crippen molar-refractivity contribution in [1.29, 1.82) is 0 Å². The number of benzene rings is 4. The third-order valence-corrected chi connectivity index (χ3v) is 6.08. The Morgan fingerprint density at radius 3 is 2.25 bits per heavy atom. The highest BCUT2D eigenvalue weighted by Gasteiger charge is 2.24. The number of esters is 1. The van der Waals surface area contributed by atoms with Gasteiger partial charge in [0.2, 0.25) is 5.91 Å². The number of carbonyl (C=O) groups is 2. The summed E-state index contributed by atoms with van der Waals surface area (Å²) in [7, 11) is 0. The molecule has 3 N–H and O–H groups in total. The summed E-state index contributed by atoms with van der Waals surface area (Å²) in [6.07, 6.45) is 1.76. The molecule has 5 heteroatoms. The van der Waals surface area contributed by atoms with Crippen molar-refractivity contribution in [3.63, 3.8) is 0 Å². The number of hydrogen-bond donors (Lipinski definition) is 2. The highest BCUT2D eigenvalue weighted by molar-refractivity contribution is 6.14. The number of rotatable bonds is 5. The van der Waals surface area contributed by atoms with E-state index in [1.54, 1.807) is 0 Å². The Morgan fingerprint density at radius 1 is 0.906 bits per heavy atom. The molecular formula is C27H24N2O3. The van der Waals surface area contributed by atoms with Crippen LogP contribution in [0.1, 0.15) is 25.7 Å². The van der Waals surface area contributed by atoms with E-state index in [4.69, 9.17) is 10.5 Å². The third-order valence-electron chi connectivity index (χ3n) is 6.08. The highest BCUT2D eigenvalue weighted by Crippen LogP contribution is 2.42. The van der Waals surface area contributed by atoms with Gasteiger partial charge in [-0.25, -0.2) is 0 Å². The van der Waals surface area contributed by atoms with E-state index in [0.717, 1.165) is 38.4 Å². The van der Waals surface area contributed by atoms with Gasteiger partial charge in [0.25, 0.3) is 0 Å². The number of nitrogens with one attached hydrogen (secondary N) is 1. The molecule has 1 amide bonds. The van der Waals surface area contributed by atoms with Gasteiger partial charge in [0.1, 0.15) is 6.10 Å². The molecule has 4 aromatic rings. The Balaban J connectivity index is 1.57. The first-order valence-electron chi connectivity index (χ1n) is 10.9. The van der Waals surface area contributed by atoms with Crippen LogP contribution >= 0.6 is 0 Å². The van der Waals surface area contributed by atoms with E-state index in [1.807, 2.05) is 48.5 Å². The van der Waals surface area contributed by atoms with Gasteiger partial charge in [0.05, 0.1) is 0 Å². The largest absolute Gasteiger partial charge is 0.462 e. The van der Waals surface area contributed by atoms with Crippen LogP contribution in [-0.4, -0.2) is 18.0 Å². The van der Waals surface area contributed by atoms with Crippen molar-refractivity contribution in [2.45, 2.75) is 31.8 Å². The molecular weight excluding hydrogens is 400 g/mol. The maximum Gasteiger partial charge on any atom is 0.306 e. The minimum atomic E-state index is -0.182. The fourth-order valence-corrected chi connectivity index (χ4v) is 4.50. The number of cyclic esters (lactones) is 1. The molecule has 160 valence electrons. The summed E-state index contributed by atoms with van der Waals surface area (Å²) in [5, 5.41) is 7.32. The van der Waals surface area contributed by atoms with Gasteiger partial charge >= 0.3 is 5.97 Å². The van der Waals surface area contributed by atoms with Gasteiger partial charge in [-0.1, -0.05) is 60.7 Å². The highest BCUT2D eigenvalue weighted by atomic mass is 16.5. The molecule has 5 rings (SSSR count). The Bertz CT molecular complexity index is 1350. The first-order chi connectivity index (χ1) is 15.6. The SMILES string of the molecule is Nc1ccc2ccccc2c1-c1c(NC(=O)CC[C@@H]2CCC(=O)O2)ccc2ccccc12. The molecule has 0 radical (unpaired) electrons. The van der Waals surface area contributed by atoms with Crippen LogP contribution in [-0.2, 0) is 14.3 Å². The molecule has 0 saturated carbocycles. The van der Waals surface area contributed by atoms with Gasteiger partial charge in [-0.2, -0.15) is 0 Å². The van der Waals surface area contributed by atoms with Crippen molar-refractivity contribution in [3.05, 3.63) is 72.8 Å². The Labute approximate surface area is 186 Å². The number of anilines is 2. The predicted octanol–water partition coefficient (Wildman–Crippen LogP) is 5.67. The second-order valence-electron chi connectivity index (χ2n) is 8.20. The smallest absolute Gasteiger partial charge is 0.306 e. The van der Waals surface area contributed by atoms with Crippen LogP contribution < -0.4 is 11.1 Å². The number of amides is 1. The zero-order chi connectivity index (χ0) is 22.1. The average molecular weight is 425 g/mol. The fourth-order valence-electron chi connectivity index (χ4n) is 4.50. The monoisotopic (exact) mass is 424 g/mol. The normalized spacial score (nSPS) is 15.8. The van der Waals surface area contributed by atoms with Gasteiger partial charge in [-0.15, -0.1) is 0 Å². The molecule has 1 saturated heterocycles. The minimum Gasteiger partial charge on any atom is -0.462 e. The van der Waals surface area contributed by atoms with Crippen molar-refractivity contribution in [2.24, 2.45) is 0 Å². The Hall–Kier alpha value is -3.86. The maximum atomic E-state index is 12.8. The number of carbonyl (C=O) groups excluding carboxylic acids is 2. The number of fused-ring (bicyclic) bond motifs is 2. The van der Waals surface area contributed by atoms with Gasteiger partial charge in [0, 0.05) is 35.3 Å². The van der Waals surface area contributed by atoms with E-state index in [2.05, 4.69) is 29.6 Å². The summed E-state index contributed by atoms with van der Waals surface area (Å²) in [6, 6.07) is 24.1. The Kier molecular flexibility index (Phi) is 5.23. The van der Waals surface area contributed by atoms with Crippen LogP contribution in [0.3, 0.4) is 0 Å². The molecule has 5 nitrogen and oxygen atoms in total. The van der Waals surface area contributed by atoms with Crippen molar-refractivity contribution in [1.82, 2.24) is 0 Å². The molecule has 1 aliphatic rings. The van der Waals surface area contributed by atoms with Crippen LogP contribution in [0, 0.1) is 0 Å². The number of nitrogen functional groups attached to an aromatic ring is 1. The van der Waals surface area contributed by atoms with Crippen LogP contribution in [0.5, 0.6) is 0 Å². The molecule has 1 aliphatic heterocycles. The number of nitrogens with two attached hydrogens (primary N) is 1. The standard InChI is InChI=1S/C27H24N2O3/c28-22-13-9-17-5-1-3-7-20(17)26(22)27-21-8-4-2-6-18(21)10-14-23(27)29-24(30)15-11-19-12-16-25(31)32-19/h1-10,13-14,19H,11-12,15-16,28H2,(H,29,30)/t19-/m1/s1. The van der Waals surface area contributed by atoms with Gasteiger partial charge in [-0.3, -0.25) is 9.59 Å². The second kappa shape index (κ2) is 8.35. The number of hydrogen-bond acceptors (Lipinski definition) is 4. The summed E-state index contributed by atoms with van der Waals surface area (Å²) >= 11 is 0. The van der Waals surface area contributed by atoms with E-state index in [9.17, 15) is 9.59 Å². The summed E-state index contributed by atoms with van der Waals surface area (Å²) in [4.78, 5) is 24.2. The second-order valence-corrected chi connectivity index (χ2v) is 8.20. The molecule has 0 aromatic heterocycles. The molecule has 1 heterocycles. The van der Waals surface area contributed by atoms with Crippen LogP contribution in [0.15, 0.2) is 72.8 Å². The van der Waals surface area contributed by atoms with Crippen molar-refractivity contribution in [2.75, 3.05) is 11.1 Å². The van der Waals surface area contributed by atoms with Crippen molar-refractivity contribution in [3.8, 4) is 11.1 Å². The Morgan fingerprint density at radius 2 is 1.56 bits per heavy atom. The quantitative estimate of drug-likeness (QED) is 0.320. The average Bonchev–Trinajstić information content (AvgIpc) is 3.23. The molecule has 0 spiro atoms. The maximum absolute atomic E-state index is 12.8.